The topological polar surface area (TPSA) is 98.7 Å². The van der Waals surface area contributed by atoms with E-state index in [1.165, 1.54) is 32.1 Å². The molecule has 0 bridgehead atoms. The summed E-state index contributed by atoms with van der Waals surface area (Å²) >= 11 is 0. The minimum atomic E-state index is -0.353. The maximum atomic E-state index is 11.3. The normalized spacial score (nSPS) is 17.0. The molecule has 0 radical (unpaired) electrons. The molecule has 4 rings (SSSR count). The summed E-state index contributed by atoms with van der Waals surface area (Å²) in [5, 5.41) is 8.01. The van der Waals surface area contributed by atoms with E-state index in [9.17, 15) is 4.79 Å². The molecule has 0 aliphatic heterocycles. The molecule has 0 saturated heterocycles. The Hall–Kier alpha value is -2.44. The lowest BCUT2D eigenvalue weighted by Crippen LogP contribution is -2.24. The fourth-order valence-electron chi connectivity index (χ4n) is 4.04. The smallest absolute Gasteiger partial charge is 0.223 e. The van der Waals surface area contributed by atoms with Crippen molar-refractivity contribution < 1.29 is 4.79 Å². The van der Waals surface area contributed by atoms with E-state index < -0.39 is 0 Å². The van der Waals surface area contributed by atoms with Crippen molar-refractivity contribution in [3.63, 3.8) is 0 Å². The largest absolute Gasteiger partial charge is 0.369 e. The number of hydrogen-bond donors (Lipinski definition) is 2. The third-order valence-electron chi connectivity index (χ3n) is 5.24. The van der Waals surface area contributed by atoms with Crippen LogP contribution in [0, 0.1) is 0 Å². The second-order valence-electron chi connectivity index (χ2n) is 7.09. The number of anilines is 1. The third kappa shape index (κ3) is 3.10. The lowest BCUT2D eigenvalue weighted by Gasteiger charge is -2.24. The fourth-order valence-corrected chi connectivity index (χ4v) is 4.04. The van der Waals surface area contributed by atoms with Crippen LogP contribution in [0.4, 0.5) is 5.95 Å². The van der Waals surface area contributed by atoms with E-state index in [0.29, 0.717) is 12.0 Å². The number of nitrogens with one attached hydrogen (secondary N) is 1. The van der Waals surface area contributed by atoms with Gasteiger partial charge >= 0.3 is 0 Å². The lowest BCUT2D eigenvalue weighted by atomic mass is 9.92. The van der Waals surface area contributed by atoms with Crippen LogP contribution in [-0.2, 0) is 31.1 Å². The lowest BCUT2D eigenvalue weighted by molar-refractivity contribution is -0.117. The number of rotatable bonds is 4. The van der Waals surface area contributed by atoms with Crippen LogP contribution < -0.4 is 11.1 Å². The van der Waals surface area contributed by atoms with Gasteiger partial charge in [-0.15, -0.1) is 0 Å². The SMILES string of the molecule is Cn1nc(CC(N)=O)c2c1-c1nc(NC3CCCCC3)ncc1CC2. The zero-order valence-electron chi connectivity index (χ0n) is 14.6. The van der Waals surface area contributed by atoms with Gasteiger partial charge < -0.3 is 11.1 Å². The van der Waals surface area contributed by atoms with Gasteiger partial charge in [0.15, 0.2) is 0 Å². The molecule has 2 aromatic heterocycles. The molecule has 7 heteroatoms. The Morgan fingerprint density at radius 3 is 2.88 bits per heavy atom. The van der Waals surface area contributed by atoms with Crippen molar-refractivity contribution in [3.8, 4) is 11.4 Å². The molecular weight excluding hydrogens is 316 g/mol. The number of fused-ring (bicyclic) bond motifs is 3. The van der Waals surface area contributed by atoms with Crippen LogP contribution in [0.3, 0.4) is 0 Å². The number of aromatic nitrogens is 4. The van der Waals surface area contributed by atoms with Crippen LogP contribution in [-0.4, -0.2) is 31.7 Å². The summed E-state index contributed by atoms with van der Waals surface area (Å²) in [5.41, 5.74) is 10.3. The van der Waals surface area contributed by atoms with Crippen molar-refractivity contribution in [2.45, 2.75) is 57.4 Å². The van der Waals surface area contributed by atoms with Gasteiger partial charge in [0.25, 0.3) is 0 Å². The van der Waals surface area contributed by atoms with Crippen molar-refractivity contribution in [1.29, 1.82) is 0 Å². The number of hydrogen-bond acceptors (Lipinski definition) is 5. The average molecular weight is 340 g/mol. The molecule has 1 saturated carbocycles. The van der Waals surface area contributed by atoms with Crippen molar-refractivity contribution in [3.05, 3.63) is 23.0 Å². The van der Waals surface area contributed by atoms with Crippen LogP contribution in [0.2, 0.25) is 0 Å². The fraction of sp³-hybridized carbons (Fsp3) is 0.556. The Morgan fingerprint density at radius 2 is 2.12 bits per heavy atom. The van der Waals surface area contributed by atoms with Crippen molar-refractivity contribution >= 4 is 11.9 Å². The molecule has 3 N–H and O–H groups in total. The quantitative estimate of drug-likeness (QED) is 0.883. The maximum Gasteiger partial charge on any atom is 0.223 e. The van der Waals surface area contributed by atoms with E-state index in [1.54, 1.807) is 0 Å². The van der Waals surface area contributed by atoms with Crippen LogP contribution >= 0.6 is 0 Å². The van der Waals surface area contributed by atoms with E-state index in [0.717, 1.165) is 41.1 Å². The summed E-state index contributed by atoms with van der Waals surface area (Å²) in [6.45, 7) is 0. The van der Waals surface area contributed by atoms with Crippen molar-refractivity contribution in [2.24, 2.45) is 12.8 Å². The average Bonchev–Trinajstić information content (AvgIpc) is 2.91. The minimum absolute atomic E-state index is 0.177. The van der Waals surface area contributed by atoms with E-state index in [-0.39, 0.29) is 12.3 Å². The van der Waals surface area contributed by atoms with Gasteiger partial charge in [-0.1, -0.05) is 19.3 Å². The molecule has 2 heterocycles. The highest BCUT2D eigenvalue weighted by Crippen LogP contribution is 2.34. The van der Waals surface area contributed by atoms with E-state index in [2.05, 4.69) is 15.4 Å². The Kier molecular flexibility index (Phi) is 4.15. The number of aryl methyl sites for hydroxylation is 2. The molecule has 0 unspecified atom stereocenters. The third-order valence-corrected chi connectivity index (χ3v) is 5.24. The number of amides is 1. The first-order valence-corrected chi connectivity index (χ1v) is 9.07. The number of nitrogens with two attached hydrogens (primary N) is 1. The predicted octanol–water partition coefficient (Wildman–Crippen LogP) is 1.75. The molecule has 0 spiro atoms. The Bertz CT molecular complexity index is 806. The van der Waals surface area contributed by atoms with Gasteiger partial charge in [-0.25, -0.2) is 9.97 Å². The molecule has 25 heavy (non-hydrogen) atoms. The highest BCUT2D eigenvalue weighted by atomic mass is 16.1. The molecule has 2 aromatic rings. The van der Waals surface area contributed by atoms with E-state index in [1.807, 2.05) is 17.9 Å². The summed E-state index contributed by atoms with van der Waals surface area (Å²) < 4.78 is 1.82. The molecular formula is C18H24N6O. The zero-order valence-corrected chi connectivity index (χ0v) is 14.6. The summed E-state index contributed by atoms with van der Waals surface area (Å²) in [6, 6.07) is 0.465. The number of primary amides is 1. The molecule has 132 valence electrons. The van der Waals surface area contributed by atoms with Crippen LogP contribution in [0.5, 0.6) is 0 Å². The standard InChI is InChI=1S/C18H24N6O/c1-24-17-13(14(23-24)9-15(19)25)8-7-11-10-20-18(22-16(11)17)21-12-5-3-2-4-6-12/h10,12H,2-9H2,1H3,(H2,19,25)(H,20,21,22). The molecule has 7 nitrogen and oxygen atoms in total. The Labute approximate surface area is 147 Å². The van der Waals surface area contributed by atoms with Crippen molar-refractivity contribution in [2.75, 3.05) is 5.32 Å². The van der Waals surface area contributed by atoms with Gasteiger partial charge in [0, 0.05) is 24.8 Å². The van der Waals surface area contributed by atoms with Gasteiger partial charge in [0.05, 0.1) is 23.5 Å². The highest BCUT2D eigenvalue weighted by Gasteiger charge is 2.27. The van der Waals surface area contributed by atoms with E-state index in [4.69, 9.17) is 10.7 Å². The number of carbonyl (C=O) groups excluding carboxylic acids is 1. The van der Waals surface area contributed by atoms with Gasteiger partial charge in [-0.2, -0.15) is 5.10 Å². The second kappa shape index (κ2) is 6.46. The van der Waals surface area contributed by atoms with Crippen molar-refractivity contribution in [1.82, 2.24) is 19.7 Å². The Morgan fingerprint density at radius 1 is 1.32 bits per heavy atom. The van der Waals surface area contributed by atoms with Gasteiger partial charge in [-0.3, -0.25) is 9.48 Å². The summed E-state index contributed by atoms with van der Waals surface area (Å²) in [7, 11) is 1.90. The van der Waals surface area contributed by atoms with Gasteiger partial charge in [0.1, 0.15) is 0 Å². The summed E-state index contributed by atoms with van der Waals surface area (Å²) in [4.78, 5) is 20.6. The molecule has 1 amide bonds. The predicted molar refractivity (Wildman–Crippen MR) is 95.0 cm³/mol. The van der Waals surface area contributed by atoms with Gasteiger partial charge in [0.2, 0.25) is 11.9 Å². The van der Waals surface area contributed by atoms with Crippen LogP contribution in [0.15, 0.2) is 6.20 Å². The highest BCUT2D eigenvalue weighted by molar-refractivity contribution is 5.78. The Balaban J connectivity index is 1.67. The summed E-state index contributed by atoms with van der Waals surface area (Å²) in [6.07, 6.45) is 10.0. The maximum absolute atomic E-state index is 11.3. The monoisotopic (exact) mass is 340 g/mol. The number of carbonyl (C=O) groups is 1. The van der Waals surface area contributed by atoms with Gasteiger partial charge in [-0.05, 0) is 31.2 Å². The second-order valence-corrected chi connectivity index (χ2v) is 7.09. The van der Waals surface area contributed by atoms with E-state index >= 15 is 0 Å². The molecule has 0 atom stereocenters. The zero-order chi connectivity index (χ0) is 17.4. The summed E-state index contributed by atoms with van der Waals surface area (Å²) in [5.74, 6) is 0.338. The molecule has 2 aliphatic carbocycles. The molecule has 2 aliphatic rings. The minimum Gasteiger partial charge on any atom is -0.369 e. The number of nitrogens with zero attached hydrogens (tertiary/aromatic N) is 4. The van der Waals surface area contributed by atoms with Crippen LogP contribution in [0.25, 0.3) is 11.4 Å². The molecule has 0 aromatic carbocycles. The molecule has 1 fully saturated rings. The first kappa shape index (κ1) is 16.1. The first-order chi connectivity index (χ1) is 12.1. The first-order valence-electron chi connectivity index (χ1n) is 9.07. The van der Waals surface area contributed by atoms with Crippen LogP contribution in [0.1, 0.15) is 48.9 Å².